The molecule has 2 aromatic carbocycles. The van der Waals surface area contributed by atoms with E-state index in [1.54, 1.807) is 30.6 Å². The molecular formula is C27H32N2O5S2. The summed E-state index contributed by atoms with van der Waals surface area (Å²) in [6.07, 6.45) is 1.33. The summed E-state index contributed by atoms with van der Waals surface area (Å²) >= 11 is 1.69. The molecule has 1 aliphatic heterocycles. The smallest absolute Gasteiger partial charge is 0.243 e. The van der Waals surface area contributed by atoms with E-state index in [0.717, 1.165) is 23.3 Å². The standard InChI is InChI=1S/C27H32N2O5S2/c1-5-19(2)29(36(31,32)23-12-10-22(34-4)11-13-23)18-26(30)28-16-14-25-24(15-17-35-25)27(28)20-6-8-21(33-3)9-7-20/h6-13,15,17,19,27H,5,14,16,18H2,1-4H3. The topological polar surface area (TPSA) is 76.2 Å². The van der Waals surface area contributed by atoms with E-state index in [1.807, 2.05) is 43.0 Å². The summed E-state index contributed by atoms with van der Waals surface area (Å²) in [5.74, 6) is 1.10. The van der Waals surface area contributed by atoms with Crippen LogP contribution in [0.15, 0.2) is 64.9 Å². The van der Waals surface area contributed by atoms with E-state index < -0.39 is 10.0 Å². The summed E-state index contributed by atoms with van der Waals surface area (Å²) in [6.45, 7) is 4.06. The molecule has 9 heteroatoms. The van der Waals surface area contributed by atoms with Gasteiger partial charge in [0.15, 0.2) is 0 Å². The molecular weight excluding hydrogens is 496 g/mol. The summed E-state index contributed by atoms with van der Waals surface area (Å²) in [5.41, 5.74) is 2.06. The Morgan fingerprint density at radius 2 is 1.67 bits per heavy atom. The van der Waals surface area contributed by atoms with Crippen molar-refractivity contribution in [1.82, 2.24) is 9.21 Å². The van der Waals surface area contributed by atoms with Crippen molar-refractivity contribution in [3.05, 3.63) is 76.0 Å². The first-order valence-corrected chi connectivity index (χ1v) is 14.3. The predicted octanol–water partition coefficient (Wildman–Crippen LogP) is 4.73. The van der Waals surface area contributed by atoms with Crippen molar-refractivity contribution in [2.75, 3.05) is 27.3 Å². The van der Waals surface area contributed by atoms with E-state index in [9.17, 15) is 13.2 Å². The molecule has 2 atom stereocenters. The van der Waals surface area contributed by atoms with Gasteiger partial charge in [-0.25, -0.2) is 8.42 Å². The number of fused-ring (bicyclic) bond motifs is 1. The first-order valence-electron chi connectivity index (χ1n) is 12.0. The molecule has 0 saturated heterocycles. The van der Waals surface area contributed by atoms with Gasteiger partial charge in [-0.1, -0.05) is 19.1 Å². The lowest BCUT2D eigenvalue weighted by atomic mass is 9.93. The molecule has 7 nitrogen and oxygen atoms in total. The summed E-state index contributed by atoms with van der Waals surface area (Å²) < 4.78 is 39.1. The van der Waals surface area contributed by atoms with Crippen molar-refractivity contribution >= 4 is 27.3 Å². The molecule has 0 saturated carbocycles. The molecule has 0 aliphatic carbocycles. The highest BCUT2D eigenvalue weighted by Crippen LogP contribution is 2.38. The molecule has 1 aliphatic rings. The fraction of sp³-hybridized carbons (Fsp3) is 0.370. The highest BCUT2D eigenvalue weighted by Gasteiger charge is 2.37. The number of sulfonamides is 1. The highest BCUT2D eigenvalue weighted by atomic mass is 32.2. The normalized spacial score (nSPS) is 16.5. The average molecular weight is 529 g/mol. The van der Waals surface area contributed by atoms with Crippen LogP contribution in [0.2, 0.25) is 0 Å². The number of methoxy groups -OCH3 is 2. The van der Waals surface area contributed by atoms with E-state index in [0.29, 0.717) is 18.7 Å². The van der Waals surface area contributed by atoms with Crippen molar-refractivity contribution in [3.8, 4) is 11.5 Å². The zero-order valence-corrected chi connectivity index (χ0v) is 22.6. The van der Waals surface area contributed by atoms with Crippen molar-refractivity contribution in [2.24, 2.45) is 0 Å². The maximum Gasteiger partial charge on any atom is 0.243 e. The highest BCUT2D eigenvalue weighted by molar-refractivity contribution is 7.89. The van der Waals surface area contributed by atoms with Crippen LogP contribution in [0.1, 0.15) is 42.3 Å². The van der Waals surface area contributed by atoms with Gasteiger partial charge in [0, 0.05) is 17.5 Å². The van der Waals surface area contributed by atoms with Gasteiger partial charge in [-0.3, -0.25) is 4.79 Å². The molecule has 3 aromatic rings. The molecule has 36 heavy (non-hydrogen) atoms. The van der Waals surface area contributed by atoms with E-state index >= 15 is 0 Å². The second kappa shape index (κ2) is 11.0. The van der Waals surface area contributed by atoms with E-state index in [2.05, 4.69) is 11.4 Å². The third-order valence-corrected chi connectivity index (χ3v) is 9.73. The largest absolute Gasteiger partial charge is 0.497 e. The van der Waals surface area contributed by atoms with Crippen molar-refractivity contribution < 1.29 is 22.7 Å². The summed E-state index contributed by atoms with van der Waals surface area (Å²) in [5, 5.41) is 2.05. The average Bonchev–Trinajstić information content (AvgIpc) is 3.39. The molecule has 1 amide bonds. The quantitative estimate of drug-likeness (QED) is 0.401. The fourth-order valence-corrected chi connectivity index (χ4v) is 7.08. The van der Waals surface area contributed by atoms with Crippen LogP contribution in [0.25, 0.3) is 0 Å². The van der Waals surface area contributed by atoms with Gasteiger partial charge in [-0.15, -0.1) is 11.3 Å². The predicted molar refractivity (Wildman–Crippen MR) is 141 cm³/mol. The summed E-state index contributed by atoms with van der Waals surface area (Å²) in [6, 6.07) is 15.4. The molecule has 4 rings (SSSR count). The van der Waals surface area contributed by atoms with Crippen LogP contribution in [-0.2, 0) is 21.2 Å². The first kappa shape index (κ1) is 26.2. The zero-order valence-electron chi connectivity index (χ0n) is 21.0. The van der Waals surface area contributed by atoms with Gasteiger partial charge >= 0.3 is 0 Å². The second-order valence-electron chi connectivity index (χ2n) is 8.80. The van der Waals surface area contributed by atoms with Crippen LogP contribution in [-0.4, -0.2) is 56.9 Å². The number of hydrogen-bond donors (Lipinski definition) is 0. The number of nitrogens with zero attached hydrogens (tertiary/aromatic N) is 2. The molecule has 1 aromatic heterocycles. The molecule has 0 N–H and O–H groups in total. The Labute approximate surface area is 217 Å². The molecule has 192 valence electrons. The van der Waals surface area contributed by atoms with Crippen molar-refractivity contribution in [3.63, 3.8) is 0 Å². The van der Waals surface area contributed by atoms with E-state index in [1.165, 1.54) is 28.4 Å². The van der Waals surface area contributed by atoms with Crippen LogP contribution in [0.4, 0.5) is 0 Å². The molecule has 2 unspecified atom stereocenters. The third kappa shape index (κ3) is 5.14. The summed E-state index contributed by atoms with van der Waals surface area (Å²) in [4.78, 5) is 17.0. The van der Waals surface area contributed by atoms with Gasteiger partial charge < -0.3 is 14.4 Å². The summed E-state index contributed by atoms with van der Waals surface area (Å²) in [7, 11) is -0.744. The lowest BCUT2D eigenvalue weighted by Gasteiger charge is -2.38. The van der Waals surface area contributed by atoms with Crippen LogP contribution < -0.4 is 9.47 Å². The van der Waals surface area contributed by atoms with Crippen LogP contribution in [0, 0.1) is 0 Å². The number of thiophene rings is 1. The van der Waals surface area contributed by atoms with Gasteiger partial charge in [0.25, 0.3) is 0 Å². The lowest BCUT2D eigenvalue weighted by Crippen LogP contribution is -2.49. The maximum atomic E-state index is 13.8. The number of ether oxygens (including phenoxy) is 2. The van der Waals surface area contributed by atoms with E-state index in [4.69, 9.17) is 9.47 Å². The van der Waals surface area contributed by atoms with Gasteiger partial charge in [0.05, 0.1) is 31.7 Å². The number of benzene rings is 2. The Hall–Kier alpha value is -2.88. The Bertz CT molecular complexity index is 1290. The van der Waals surface area contributed by atoms with Gasteiger partial charge in [-0.05, 0) is 78.7 Å². The third-order valence-electron chi connectivity index (χ3n) is 6.76. The van der Waals surface area contributed by atoms with Crippen molar-refractivity contribution in [2.45, 2.75) is 43.7 Å². The second-order valence-corrected chi connectivity index (χ2v) is 11.7. The maximum absolute atomic E-state index is 13.8. The van der Waals surface area contributed by atoms with Gasteiger partial charge in [-0.2, -0.15) is 4.31 Å². The SMILES string of the molecule is CCC(C)N(CC(=O)N1CCc2sccc2C1c1ccc(OC)cc1)S(=O)(=O)c1ccc(OC)cc1. The first-order chi connectivity index (χ1) is 17.3. The molecule has 0 bridgehead atoms. The minimum Gasteiger partial charge on any atom is -0.497 e. The minimum atomic E-state index is -3.90. The van der Waals surface area contributed by atoms with E-state index in [-0.39, 0.29) is 29.4 Å². The number of rotatable bonds is 9. The Morgan fingerprint density at radius 1 is 1.06 bits per heavy atom. The van der Waals surface area contributed by atoms with Crippen LogP contribution in [0.3, 0.4) is 0 Å². The molecule has 0 fully saturated rings. The fourth-order valence-electron chi connectivity index (χ4n) is 4.52. The van der Waals surface area contributed by atoms with Crippen molar-refractivity contribution in [1.29, 1.82) is 0 Å². The lowest BCUT2D eigenvalue weighted by molar-refractivity contribution is -0.133. The van der Waals surface area contributed by atoms with Gasteiger partial charge in [0.1, 0.15) is 11.5 Å². The monoisotopic (exact) mass is 528 g/mol. The Balaban J connectivity index is 1.66. The number of carbonyl (C=O) groups excluding carboxylic acids is 1. The molecule has 2 heterocycles. The Kier molecular flexibility index (Phi) is 8.02. The molecule has 0 spiro atoms. The molecule has 0 radical (unpaired) electrons. The van der Waals surface area contributed by atoms with Crippen LogP contribution >= 0.6 is 11.3 Å². The van der Waals surface area contributed by atoms with Crippen LogP contribution in [0.5, 0.6) is 11.5 Å². The number of hydrogen-bond acceptors (Lipinski definition) is 6. The number of carbonyl (C=O) groups is 1. The van der Waals surface area contributed by atoms with Gasteiger partial charge in [0.2, 0.25) is 15.9 Å². The number of amides is 1. The zero-order chi connectivity index (χ0) is 25.9. The Morgan fingerprint density at radius 3 is 2.25 bits per heavy atom. The minimum absolute atomic E-state index is 0.141.